The number of carbonyl (C=O) groups is 3. The van der Waals surface area contributed by atoms with Crippen molar-refractivity contribution in [1.82, 2.24) is 0 Å². The lowest BCUT2D eigenvalue weighted by Crippen LogP contribution is -2.30. The van der Waals surface area contributed by atoms with Crippen LogP contribution in [-0.2, 0) is 28.6 Å². The molecule has 6 nitrogen and oxygen atoms in total. The van der Waals surface area contributed by atoms with Crippen LogP contribution in [0.5, 0.6) is 0 Å². The number of carbonyl (C=O) groups excluding carboxylic acids is 3. The normalized spacial score (nSPS) is 12.4. The van der Waals surface area contributed by atoms with Crippen LogP contribution in [0.2, 0.25) is 0 Å². The molecule has 0 aliphatic heterocycles. The minimum absolute atomic E-state index is 0.0708. The molecule has 0 rings (SSSR count). The molecule has 0 aromatic heterocycles. The molecule has 0 aliphatic carbocycles. The third kappa shape index (κ3) is 69.8. The molecule has 0 aromatic rings. The maximum absolute atomic E-state index is 13.0. The lowest BCUT2D eigenvalue weighted by molar-refractivity contribution is -0.167. The van der Waals surface area contributed by atoms with E-state index in [9.17, 15) is 14.4 Å². The van der Waals surface area contributed by atoms with E-state index in [0.29, 0.717) is 19.3 Å². The van der Waals surface area contributed by atoms with Gasteiger partial charge in [0.2, 0.25) is 0 Å². The molecule has 0 spiro atoms. The van der Waals surface area contributed by atoms with Gasteiger partial charge in [-0.15, -0.1) is 0 Å². The smallest absolute Gasteiger partial charge is 0.306 e. The first-order chi connectivity index (χ1) is 41.0. The van der Waals surface area contributed by atoms with Gasteiger partial charge in [-0.05, 0) is 89.9 Å². The fourth-order valence-corrected chi connectivity index (χ4v) is 11.0. The average molecular weight is 1160 g/mol. The summed E-state index contributed by atoms with van der Waals surface area (Å²) >= 11 is 0. The van der Waals surface area contributed by atoms with Crippen LogP contribution in [0.1, 0.15) is 393 Å². The van der Waals surface area contributed by atoms with E-state index in [4.69, 9.17) is 14.2 Å². The van der Waals surface area contributed by atoms with E-state index >= 15 is 0 Å². The van der Waals surface area contributed by atoms with Gasteiger partial charge in [-0.1, -0.05) is 345 Å². The molecule has 1 atom stereocenters. The number of hydrogen-bond donors (Lipinski definition) is 0. The van der Waals surface area contributed by atoms with Gasteiger partial charge in [0.15, 0.2) is 6.10 Å². The van der Waals surface area contributed by atoms with Gasteiger partial charge in [-0.3, -0.25) is 14.4 Å². The molecule has 0 aliphatic rings. The van der Waals surface area contributed by atoms with Gasteiger partial charge in [0.1, 0.15) is 13.2 Å². The largest absolute Gasteiger partial charge is 0.462 e. The minimum Gasteiger partial charge on any atom is -0.462 e. The summed E-state index contributed by atoms with van der Waals surface area (Å²) in [6.07, 6.45) is 92.6. The summed E-state index contributed by atoms with van der Waals surface area (Å²) in [5.74, 6) is -0.850. The molecule has 484 valence electrons. The van der Waals surface area contributed by atoms with Gasteiger partial charge < -0.3 is 14.2 Å². The molecule has 0 saturated heterocycles. The summed E-state index contributed by atoms with van der Waals surface area (Å²) in [5.41, 5.74) is 0. The van der Waals surface area contributed by atoms with Crippen LogP contribution in [0.3, 0.4) is 0 Å². The van der Waals surface area contributed by atoms with Crippen LogP contribution in [-0.4, -0.2) is 37.2 Å². The molecule has 83 heavy (non-hydrogen) atoms. The quantitative estimate of drug-likeness (QED) is 0.0261. The first-order valence-corrected chi connectivity index (χ1v) is 36.8. The molecule has 6 heteroatoms. The maximum atomic E-state index is 13.0. The maximum Gasteiger partial charge on any atom is 0.306 e. The number of rotatable bonds is 68. The zero-order chi connectivity index (χ0) is 59.9. The van der Waals surface area contributed by atoms with Crippen molar-refractivity contribution in [2.24, 2.45) is 0 Å². The molecule has 0 heterocycles. The van der Waals surface area contributed by atoms with Crippen LogP contribution in [0.15, 0.2) is 60.8 Å². The molecule has 0 N–H and O–H groups in total. The van der Waals surface area contributed by atoms with E-state index in [1.807, 2.05) is 0 Å². The van der Waals surface area contributed by atoms with Gasteiger partial charge in [-0.25, -0.2) is 0 Å². The van der Waals surface area contributed by atoms with Crippen LogP contribution in [0.25, 0.3) is 0 Å². The zero-order valence-corrected chi connectivity index (χ0v) is 55.7. The highest BCUT2D eigenvalue weighted by atomic mass is 16.6. The lowest BCUT2D eigenvalue weighted by atomic mass is 10.0. The second-order valence-electron chi connectivity index (χ2n) is 24.9. The molecule has 0 radical (unpaired) electrons. The van der Waals surface area contributed by atoms with E-state index in [0.717, 1.165) is 77.0 Å². The third-order valence-electron chi connectivity index (χ3n) is 16.5. The Labute approximate surface area is 517 Å². The fourth-order valence-electron chi connectivity index (χ4n) is 11.0. The Balaban J connectivity index is 4.18. The van der Waals surface area contributed by atoms with E-state index in [1.54, 1.807) is 0 Å². The Bertz CT molecular complexity index is 1470. The van der Waals surface area contributed by atoms with E-state index in [1.165, 1.54) is 276 Å². The average Bonchev–Trinajstić information content (AvgIpc) is 3.48. The number of hydrogen-bond acceptors (Lipinski definition) is 6. The molecule has 0 fully saturated rings. The van der Waals surface area contributed by atoms with Crippen molar-refractivity contribution in [2.75, 3.05) is 13.2 Å². The molecular formula is C77H140O6. The summed E-state index contributed by atoms with van der Waals surface area (Å²) in [6, 6.07) is 0. The molecule has 1 unspecified atom stereocenters. The lowest BCUT2D eigenvalue weighted by Gasteiger charge is -2.18. The Kier molecular flexibility index (Phi) is 69.1. The number of allylic oxidation sites excluding steroid dienone is 10. The highest BCUT2D eigenvalue weighted by Crippen LogP contribution is 2.18. The summed E-state index contributed by atoms with van der Waals surface area (Å²) < 4.78 is 17.0. The molecular weight excluding hydrogens is 1020 g/mol. The summed E-state index contributed by atoms with van der Waals surface area (Å²) in [5, 5.41) is 0. The Morgan fingerprint density at radius 2 is 0.434 bits per heavy atom. The van der Waals surface area contributed by atoms with E-state index in [-0.39, 0.29) is 31.1 Å². The Hall–Kier alpha value is -2.89. The van der Waals surface area contributed by atoms with Crippen LogP contribution >= 0.6 is 0 Å². The predicted octanol–water partition coefficient (Wildman–Crippen LogP) is 25.5. The van der Waals surface area contributed by atoms with Crippen LogP contribution in [0, 0.1) is 0 Å². The monoisotopic (exact) mass is 1160 g/mol. The van der Waals surface area contributed by atoms with Crippen molar-refractivity contribution in [2.45, 2.75) is 399 Å². The summed E-state index contributed by atoms with van der Waals surface area (Å²) in [7, 11) is 0. The van der Waals surface area contributed by atoms with Crippen molar-refractivity contribution >= 4 is 17.9 Å². The minimum atomic E-state index is -0.775. The summed E-state index contributed by atoms with van der Waals surface area (Å²) in [4.78, 5) is 38.4. The highest BCUT2D eigenvalue weighted by Gasteiger charge is 2.19. The second kappa shape index (κ2) is 71.6. The molecule has 0 aromatic carbocycles. The van der Waals surface area contributed by atoms with Gasteiger partial charge in [-0.2, -0.15) is 0 Å². The fraction of sp³-hybridized carbons (Fsp3) is 0.831. The van der Waals surface area contributed by atoms with Gasteiger partial charge in [0, 0.05) is 19.3 Å². The number of unbranched alkanes of at least 4 members (excludes halogenated alkanes) is 47. The van der Waals surface area contributed by atoms with Crippen LogP contribution < -0.4 is 0 Å². The van der Waals surface area contributed by atoms with Crippen LogP contribution in [0.4, 0.5) is 0 Å². The number of esters is 3. The van der Waals surface area contributed by atoms with Crippen molar-refractivity contribution < 1.29 is 28.6 Å². The molecule has 0 saturated carbocycles. The van der Waals surface area contributed by atoms with Gasteiger partial charge >= 0.3 is 17.9 Å². The predicted molar refractivity (Wildman–Crippen MR) is 362 cm³/mol. The zero-order valence-electron chi connectivity index (χ0n) is 55.7. The van der Waals surface area contributed by atoms with Gasteiger partial charge in [0.05, 0.1) is 0 Å². The van der Waals surface area contributed by atoms with Crippen molar-refractivity contribution in [3.05, 3.63) is 60.8 Å². The number of ether oxygens (including phenoxy) is 3. The SMILES string of the molecule is CCCCCCC/C=C\C/C=C\C/C=C\CCCCCCCCCCCCC(=O)OC(COC(=O)CCCCCCCCCCCCC)COC(=O)CCCCCCCCCCCCCCCCCCC/C=C\C/C=C\CCCCCCC. The molecule has 0 bridgehead atoms. The third-order valence-corrected chi connectivity index (χ3v) is 16.5. The van der Waals surface area contributed by atoms with Crippen molar-refractivity contribution in [3.63, 3.8) is 0 Å². The van der Waals surface area contributed by atoms with E-state index in [2.05, 4.69) is 81.5 Å². The van der Waals surface area contributed by atoms with Crippen molar-refractivity contribution in [3.8, 4) is 0 Å². The van der Waals surface area contributed by atoms with Gasteiger partial charge in [0.25, 0.3) is 0 Å². The van der Waals surface area contributed by atoms with Crippen molar-refractivity contribution in [1.29, 1.82) is 0 Å². The first-order valence-electron chi connectivity index (χ1n) is 36.8. The molecule has 0 amide bonds. The standard InChI is InChI=1S/C77H140O6/c1-4-7-10-13-16-19-22-24-26-28-30-32-34-36-37-38-39-41-42-44-46-48-50-52-55-58-61-64-67-70-76(79)82-73-74(72-81-75(78)69-66-63-60-57-54-21-18-15-12-9-6-3)83-77(80)71-68-65-62-59-56-53-51-49-47-45-43-40-35-33-31-29-27-25-23-20-17-14-11-8-5-2/h22-25,28-31,35,40,74H,4-21,26-27,32-34,36-39,41-73H2,1-3H3/b24-22-,25-23-,30-28-,31-29-,40-35-. The second-order valence-corrected chi connectivity index (χ2v) is 24.9. The van der Waals surface area contributed by atoms with E-state index < -0.39 is 6.10 Å². The summed E-state index contributed by atoms with van der Waals surface area (Å²) in [6.45, 7) is 6.67. The topological polar surface area (TPSA) is 78.9 Å². The Morgan fingerprint density at radius 3 is 0.675 bits per heavy atom. The first kappa shape index (κ1) is 80.1. The Morgan fingerprint density at radius 1 is 0.241 bits per heavy atom. The highest BCUT2D eigenvalue weighted by molar-refractivity contribution is 5.71.